The third-order valence-electron chi connectivity index (χ3n) is 3.08. The van der Waals surface area contributed by atoms with E-state index in [1.165, 1.54) is 36.4 Å². The van der Waals surface area contributed by atoms with Crippen LogP contribution in [0.4, 0.5) is 5.69 Å². The van der Waals surface area contributed by atoms with Crippen molar-refractivity contribution in [3.63, 3.8) is 0 Å². The Morgan fingerprint density at radius 1 is 1.23 bits per heavy atom. The first-order chi connectivity index (χ1) is 10.4. The van der Waals surface area contributed by atoms with E-state index in [1.807, 2.05) is 0 Å². The fourth-order valence-corrected chi connectivity index (χ4v) is 2.50. The molecule has 0 aromatic heterocycles. The number of halogens is 2. The number of nitrogens with zero attached hydrogens (tertiary/aromatic N) is 1. The minimum Gasteiger partial charge on any atom is -0.388 e. The summed E-state index contributed by atoms with van der Waals surface area (Å²) >= 11 is 11.7. The number of hydrogen-bond donors (Lipinski definition) is 1. The van der Waals surface area contributed by atoms with E-state index in [9.17, 15) is 20.0 Å². The first-order valence-electron chi connectivity index (χ1n) is 6.29. The molecule has 0 radical (unpaired) electrons. The number of ketones is 1. The summed E-state index contributed by atoms with van der Waals surface area (Å²) in [5, 5.41) is 21.5. The molecule has 22 heavy (non-hydrogen) atoms. The monoisotopic (exact) mass is 339 g/mol. The SMILES string of the molecule is O=C(C[C@@H](O)c1ccc(Cl)cc1Cl)c1cccc([N+](=O)[O-])c1. The Morgan fingerprint density at radius 3 is 2.59 bits per heavy atom. The molecule has 0 aliphatic heterocycles. The van der Waals surface area contributed by atoms with Crippen LogP contribution in [-0.4, -0.2) is 15.8 Å². The van der Waals surface area contributed by atoms with Crippen molar-refractivity contribution in [2.24, 2.45) is 0 Å². The number of nitro benzene ring substituents is 1. The van der Waals surface area contributed by atoms with Gasteiger partial charge in [-0.15, -0.1) is 0 Å². The number of carbonyl (C=O) groups excluding carboxylic acids is 1. The summed E-state index contributed by atoms with van der Waals surface area (Å²) in [6.45, 7) is 0. The molecule has 2 aromatic rings. The largest absolute Gasteiger partial charge is 0.388 e. The molecule has 0 unspecified atom stereocenters. The maximum Gasteiger partial charge on any atom is 0.270 e. The summed E-state index contributed by atoms with van der Waals surface area (Å²) in [6.07, 6.45) is -1.35. The highest BCUT2D eigenvalue weighted by Gasteiger charge is 2.18. The third-order valence-corrected chi connectivity index (χ3v) is 3.64. The Hall–Kier alpha value is -1.95. The van der Waals surface area contributed by atoms with E-state index in [2.05, 4.69) is 0 Å². The highest BCUT2D eigenvalue weighted by atomic mass is 35.5. The summed E-state index contributed by atoms with van der Waals surface area (Å²) in [4.78, 5) is 22.3. The highest BCUT2D eigenvalue weighted by Crippen LogP contribution is 2.29. The predicted octanol–water partition coefficient (Wildman–Crippen LogP) is 4.21. The topological polar surface area (TPSA) is 80.4 Å². The minimum absolute atomic E-state index is 0.165. The van der Waals surface area contributed by atoms with Crippen LogP contribution in [0.25, 0.3) is 0 Å². The van der Waals surface area contributed by atoms with Crippen LogP contribution < -0.4 is 0 Å². The lowest BCUT2D eigenvalue weighted by Crippen LogP contribution is -2.08. The smallest absolute Gasteiger partial charge is 0.270 e. The molecule has 0 bridgehead atoms. The number of aliphatic hydroxyl groups is 1. The lowest BCUT2D eigenvalue weighted by molar-refractivity contribution is -0.384. The van der Waals surface area contributed by atoms with Gasteiger partial charge in [-0.2, -0.15) is 0 Å². The van der Waals surface area contributed by atoms with E-state index >= 15 is 0 Å². The van der Waals surface area contributed by atoms with Crippen LogP contribution in [0, 0.1) is 10.1 Å². The molecule has 2 rings (SSSR count). The molecule has 0 saturated carbocycles. The molecule has 1 atom stereocenters. The summed E-state index contributed by atoms with van der Waals surface area (Å²) in [6, 6.07) is 9.93. The minimum atomic E-state index is -1.11. The molecule has 0 spiro atoms. The second kappa shape index (κ2) is 6.87. The number of nitro groups is 1. The number of hydrogen-bond acceptors (Lipinski definition) is 4. The Morgan fingerprint density at radius 2 is 1.95 bits per heavy atom. The van der Waals surface area contributed by atoms with E-state index in [-0.39, 0.29) is 22.7 Å². The Kier molecular flexibility index (Phi) is 5.13. The molecule has 0 saturated heterocycles. The van der Waals surface area contributed by atoms with E-state index in [4.69, 9.17) is 23.2 Å². The van der Waals surface area contributed by atoms with Gasteiger partial charge in [0.1, 0.15) is 0 Å². The standard InChI is InChI=1S/C15H11Cl2NO4/c16-10-4-5-12(13(17)7-10)15(20)8-14(19)9-2-1-3-11(6-9)18(21)22/h1-7,15,20H,8H2/t15-/m1/s1. The first-order valence-corrected chi connectivity index (χ1v) is 7.04. The zero-order chi connectivity index (χ0) is 16.3. The van der Waals surface area contributed by atoms with Crippen molar-refractivity contribution < 1.29 is 14.8 Å². The van der Waals surface area contributed by atoms with Gasteiger partial charge >= 0.3 is 0 Å². The van der Waals surface area contributed by atoms with Crippen molar-refractivity contribution in [3.8, 4) is 0 Å². The molecule has 0 amide bonds. The van der Waals surface area contributed by atoms with Crippen LogP contribution in [0.15, 0.2) is 42.5 Å². The van der Waals surface area contributed by atoms with Crippen LogP contribution in [0.5, 0.6) is 0 Å². The zero-order valence-corrected chi connectivity index (χ0v) is 12.7. The lowest BCUT2D eigenvalue weighted by atomic mass is 10.00. The van der Waals surface area contributed by atoms with Gasteiger partial charge in [0.05, 0.1) is 11.0 Å². The van der Waals surface area contributed by atoms with Gasteiger partial charge in [0.15, 0.2) is 5.78 Å². The molecule has 1 N–H and O–H groups in total. The number of rotatable bonds is 5. The normalized spacial score (nSPS) is 12.0. The maximum absolute atomic E-state index is 12.1. The molecule has 5 nitrogen and oxygen atoms in total. The predicted molar refractivity (Wildman–Crippen MR) is 83.5 cm³/mol. The quantitative estimate of drug-likeness (QED) is 0.502. The summed E-state index contributed by atoms with van der Waals surface area (Å²) in [5.74, 6) is -0.415. The average molecular weight is 340 g/mol. The van der Waals surface area contributed by atoms with Gasteiger partial charge in [0.25, 0.3) is 5.69 Å². The summed E-state index contributed by atoms with van der Waals surface area (Å²) < 4.78 is 0. The molecule has 114 valence electrons. The van der Waals surface area contributed by atoms with Crippen molar-refractivity contribution in [2.45, 2.75) is 12.5 Å². The van der Waals surface area contributed by atoms with Crippen molar-refractivity contribution >= 4 is 34.7 Å². The fourth-order valence-electron chi connectivity index (χ4n) is 1.97. The second-order valence-corrected chi connectivity index (χ2v) is 5.46. The Labute approximate surface area is 136 Å². The maximum atomic E-state index is 12.1. The van der Waals surface area contributed by atoms with Gasteiger partial charge in [-0.3, -0.25) is 14.9 Å². The van der Waals surface area contributed by atoms with Gasteiger partial charge in [-0.05, 0) is 17.7 Å². The van der Waals surface area contributed by atoms with Gasteiger partial charge in [-0.1, -0.05) is 41.4 Å². The average Bonchev–Trinajstić information content (AvgIpc) is 2.47. The van der Waals surface area contributed by atoms with Crippen molar-refractivity contribution in [2.75, 3.05) is 0 Å². The number of carbonyl (C=O) groups is 1. The molecular weight excluding hydrogens is 329 g/mol. The van der Waals surface area contributed by atoms with E-state index in [0.29, 0.717) is 10.6 Å². The van der Waals surface area contributed by atoms with Crippen LogP contribution in [0.2, 0.25) is 10.0 Å². The number of non-ortho nitro benzene ring substituents is 1. The molecule has 0 fully saturated rings. The van der Waals surface area contributed by atoms with Gasteiger partial charge in [0, 0.05) is 34.2 Å². The summed E-state index contributed by atoms with van der Waals surface area (Å²) in [5.41, 5.74) is 0.369. The molecule has 7 heteroatoms. The Balaban J connectivity index is 2.17. The van der Waals surface area contributed by atoms with Crippen molar-refractivity contribution in [3.05, 3.63) is 73.8 Å². The molecule has 0 heterocycles. The molecule has 0 aliphatic rings. The first kappa shape index (κ1) is 16.4. The molecule has 0 aliphatic carbocycles. The van der Waals surface area contributed by atoms with Gasteiger partial charge < -0.3 is 5.11 Å². The molecule has 2 aromatic carbocycles. The number of aliphatic hydroxyl groups excluding tert-OH is 1. The number of benzene rings is 2. The van der Waals surface area contributed by atoms with E-state index < -0.39 is 16.8 Å². The van der Waals surface area contributed by atoms with Crippen LogP contribution in [0.1, 0.15) is 28.4 Å². The van der Waals surface area contributed by atoms with Crippen LogP contribution >= 0.6 is 23.2 Å². The van der Waals surface area contributed by atoms with Crippen molar-refractivity contribution in [1.29, 1.82) is 0 Å². The van der Waals surface area contributed by atoms with Gasteiger partial charge in [-0.25, -0.2) is 0 Å². The van der Waals surface area contributed by atoms with Crippen molar-refractivity contribution in [1.82, 2.24) is 0 Å². The van der Waals surface area contributed by atoms with Crippen LogP contribution in [-0.2, 0) is 0 Å². The Bertz CT molecular complexity index is 733. The van der Waals surface area contributed by atoms with E-state index in [1.54, 1.807) is 6.07 Å². The lowest BCUT2D eigenvalue weighted by Gasteiger charge is -2.12. The van der Waals surface area contributed by atoms with Gasteiger partial charge in [0.2, 0.25) is 0 Å². The van der Waals surface area contributed by atoms with Crippen LogP contribution in [0.3, 0.4) is 0 Å². The summed E-state index contributed by atoms with van der Waals surface area (Å²) in [7, 11) is 0. The second-order valence-electron chi connectivity index (χ2n) is 4.62. The highest BCUT2D eigenvalue weighted by molar-refractivity contribution is 6.35. The zero-order valence-electron chi connectivity index (χ0n) is 11.2. The third kappa shape index (κ3) is 3.82. The fraction of sp³-hybridized carbons (Fsp3) is 0.133. The number of Topliss-reactive ketones (excluding diaryl/α,β-unsaturated/α-hetero) is 1. The van der Waals surface area contributed by atoms with E-state index in [0.717, 1.165) is 0 Å². The molecular formula is C15H11Cl2NO4.